The van der Waals surface area contributed by atoms with Crippen molar-refractivity contribution >= 4 is 38.8 Å². The second-order valence-electron chi connectivity index (χ2n) is 6.58. The van der Waals surface area contributed by atoms with E-state index in [-0.39, 0.29) is 5.78 Å². The number of rotatable bonds is 9. The van der Waals surface area contributed by atoms with Gasteiger partial charge in [-0.15, -0.1) is 0 Å². The van der Waals surface area contributed by atoms with Crippen LogP contribution in [0.2, 0.25) is 0 Å². The fourth-order valence-corrected chi connectivity index (χ4v) is 3.57. The van der Waals surface area contributed by atoms with E-state index in [1.54, 1.807) is 24.3 Å². The Morgan fingerprint density at radius 1 is 0.933 bits per heavy atom. The highest BCUT2D eigenvalue weighted by Crippen LogP contribution is 2.16. The highest BCUT2D eigenvalue weighted by Gasteiger charge is 2.30. The number of ether oxygens (including phenoxy) is 1. The molecule has 0 aliphatic heterocycles. The molecule has 2 rings (SSSR count). The zero-order valence-corrected chi connectivity index (χ0v) is 17.8. The van der Waals surface area contributed by atoms with E-state index < -0.39 is 32.7 Å². The summed E-state index contributed by atoms with van der Waals surface area (Å²) in [5.74, 6) is -1.84. The van der Waals surface area contributed by atoms with Crippen LogP contribution < -0.4 is 15.4 Å². The topological polar surface area (TPSA) is 119 Å². The van der Waals surface area contributed by atoms with E-state index in [9.17, 15) is 22.8 Å². The summed E-state index contributed by atoms with van der Waals surface area (Å²) in [5.41, 5.74) is 1.24. The highest BCUT2D eigenvalue weighted by molar-refractivity contribution is 7.93. The molecule has 0 saturated carbocycles. The predicted molar refractivity (Wildman–Crippen MR) is 115 cm³/mol. The molecule has 0 spiro atoms. The van der Waals surface area contributed by atoms with Crippen LogP contribution in [-0.2, 0) is 19.4 Å². The molecule has 0 bridgehead atoms. The van der Waals surface area contributed by atoms with Crippen LogP contribution in [0, 0.1) is 0 Å². The van der Waals surface area contributed by atoms with Crippen LogP contribution in [0.5, 0.6) is 5.75 Å². The number of hydrogen-bond donors (Lipinski definition) is 2. The molecule has 1 unspecified atom stereocenters. The second kappa shape index (κ2) is 10.0. The van der Waals surface area contributed by atoms with Gasteiger partial charge in [-0.1, -0.05) is 0 Å². The minimum atomic E-state index is -4.04. The van der Waals surface area contributed by atoms with Crippen LogP contribution in [0.25, 0.3) is 0 Å². The molecule has 0 aromatic heterocycles. The fourth-order valence-electron chi connectivity index (χ4n) is 2.50. The largest absolute Gasteiger partial charge is 0.494 e. The Kier molecular flexibility index (Phi) is 7.71. The third-order valence-electron chi connectivity index (χ3n) is 4.25. The van der Waals surface area contributed by atoms with Gasteiger partial charge < -0.3 is 15.4 Å². The Bertz CT molecular complexity index is 1010. The molecule has 2 N–H and O–H groups in total. The van der Waals surface area contributed by atoms with Crippen LogP contribution in [0.4, 0.5) is 11.4 Å². The van der Waals surface area contributed by atoms with Crippen LogP contribution in [0.15, 0.2) is 48.5 Å². The Balaban J connectivity index is 1.96. The van der Waals surface area contributed by atoms with Crippen molar-refractivity contribution < 1.29 is 27.5 Å². The van der Waals surface area contributed by atoms with Gasteiger partial charge in [-0.2, -0.15) is 0 Å². The fraction of sp³-hybridized carbons (Fsp3) is 0.286. The third-order valence-corrected chi connectivity index (χ3v) is 6.20. The second-order valence-corrected chi connectivity index (χ2v) is 8.90. The van der Waals surface area contributed by atoms with Crippen molar-refractivity contribution in [2.45, 2.75) is 26.0 Å². The first-order valence-corrected chi connectivity index (χ1v) is 11.0. The van der Waals surface area contributed by atoms with Crippen molar-refractivity contribution in [2.75, 3.05) is 23.0 Å². The molecule has 0 saturated heterocycles. The minimum absolute atomic E-state index is 0.123. The Hall–Kier alpha value is -3.20. The molecule has 0 aliphatic rings. The lowest BCUT2D eigenvalue weighted by atomic mass is 10.1. The zero-order valence-electron chi connectivity index (χ0n) is 17.0. The standard InChI is InChI=1S/C21H24N2O6S/c1-4-29-19-11-9-17(10-12-19)22-20(25)13-30(27,28)15(3)21(26)23-18-7-5-16(6-8-18)14(2)24/h5-12,15H,4,13H2,1-3H3,(H,22,25)(H,23,26). The van der Waals surface area contributed by atoms with Crippen LogP contribution in [-0.4, -0.2) is 43.6 Å². The molecule has 1 atom stereocenters. The molecular formula is C21H24N2O6S. The van der Waals surface area contributed by atoms with Crippen LogP contribution >= 0.6 is 0 Å². The van der Waals surface area contributed by atoms with E-state index in [2.05, 4.69) is 10.6 Å². The molecule has 30 heavy (non-hydrogen) atoms. The van der Waals surface area contributed by atoms with Gasteiger partial charge in [0.05, 0.1) is 6.61 Å². The van der Waals surface area contributed by atoms with Crippen molar-refractivity contribution in [1.29, 1.82) is 0 Å². The molecule has 8 nitrogen and oxygen atoms in total. The van der Waals surface area contributed by atoms with Crippen molar-refractivity contribution in [3.63, 3.8) is 0 Å². The molecule has 2 amide bonds. The van der Waals surface area contributed by atoms with Gasteiger partial charge in [0.15, 0.2) is 15.6 Å². The lowest BCUT2D eigenvalue weighted by molar-refractivity contribution is -0.115. The van der Waals surface area contributed by atoms with Crippen LogP contribution in [0.1, 0.15) is 31.1 Å². The van der Waals surface area contributed by atoms with Gasteiger partial charge in [0.25, 0.3) is 0 Å². The molecule has 0 aliphatic carbocycles. The van der Waals surface area contributed by atoms with Crippen molar-refractivity contribution in [3.05, 3.63) is 54.1 Å². The average Bonchev–Trinajstić information content (AvgIpc) is 2.69. The van der Waals surface area contributed by atoms with Gasteiger partial charge in [0.1, 0.15) is 16.8 Å². The molecule has 0 radical (unpaired) electrons. The van der Waals surface area contributed by atoms with Crippen molar-refractivity contribution in [3.8, 4) is 5.75 Å². The molecule has 2 aromatic carbocycles. The van der Waals surface area contributed by atoms with Crippen molar-refractivity contribution in [1.82, 2.24) is 0 Å². The normalized spacial score (nSPS) is 12.0. The smallest absolute Gasteiger partial charge is 0.242 e. The van der Waals surface area contributed by atoms with Crippen molar-refractivity contribution in [2.24, 2.45) is 0 Å². The summed E-state index contributed by atoms with van der Waals surface area (Å²) in [5, 5.41) is 3.54. The summed E-state index contributed by atoms with van der Waals surface area (Å²) in [6.45, 7) is 4.99. The number of anilines is 2. The minimum Gasteiger partial charge on any atom is -0.494 e. The van der Waals surface area contributed by atoms with Gasteiger partial charge in [0.2, 0.25) is 11.8 Å². The molecular weight excluding hydrogens is 408 g/mol. The molecule has 2 aromatic rings. The van der Waals surface area contributed by atoms with Crippen LogP contribution in [0.3, 0.4) is 0 Å². The molecule has 9 heteroatoms. The first kappa shape index (κ1) is 23.1. The molecule has 160 valence electrons. The molecule has 0 heterocycles. The van der Waals surface area contributed by atoms with Gasteiger partial charge in [-0.3, -0.25) is 14.4 Å². The van der Waals surface area contributed by atoms with Gasteiger partial charge in [0, 0.05) is 16.9 Å². The zero-order chi connectivity index (χ0) is 22.3. The molecule has 0 fully saturated rings. The number of carbonyl (C=O) groups is 3. The lowest BCUT2D eigenvalue weighted by Crippen LogP contribution is -2.37. The summed E-state index contributed by atoms with van der Waals surface area (Å²) in [7, 11) is -4.04. The number of hydrogen-bond acceptors (Lipinski definition) is 6. The Morgan fingerprint density at radius 3 is 2.00 bits per heavy atom. The maximum absolute atomic E-state index is 12.5. The first-order chi connectivity index (χ1) is 14.1. The van der Waals surface area contributed by atoms with E-state index in [1.807, 2.05) is 6.92 Å². The van der Waals surface area contributed by atoms with Gasteiger partial charge in [-0.05, 0) is 69.3 Å². The Labute approximate surface area is 175 Å². The monoisotopic (exact) mass is 432 g/mol. The Morgan fingerprint density at radius 2 is 1.47 bits per heavy atom. The summed E-state index contributed by atoms with van der Waals surface area (Å²) in [6.07, 6.45) is 0. The highest BCUT2D eigenvalue weighted by atomic mass is 32.2. The number of ketones is 1. The number of benzene rings is 2. The predicted octanol–water partition coefficient (Wildman–Crippen LogP) is 2.67. The number of carbonyl (C=O) groups excluding carboxylic acids is 3. The van der Waals surface area contributed by atoms with Gasteiger partial charge in [-0.25, -0.2) is 8.42 Å². The maximum atomic E-state index is 12.5. The summed E-state index contributed by atoms with van der Waals surface area (Å²) in [4.78, 5) is 35.7. The lowest BCUT2D eigenvalue weighted by Gasteiger charge is -2.14. The maximum Gasteiger partial charge on any atom is 0.242 e. The van der Waals surface area contributed by atoms with E-state index >= 15 is 0 Å². The van der Waals surface area contributed by atoms with E-state index in [0.29, 0.717) is 29.3 Å². The summed E-state index contributed by atoms with van der Waals surface area (Å²) >= 11 is 0. The summed E-state index contributed by atoms with van der Waals surface area (Å²) < 4.78 is 30.2. The number of sulfone groups is 1. The quantitative estimate of drug-likeness (QED) is 0.588. The summed E-state index contributed by atoms with van der Waals surface area (Å²) in [6, 6.07) is 12.6. The van der Waals surface area contributed by atoms with Gasteiger partial charge >= 0.3 is 0 Å². The van der Waals surface area contributed by atoms with E-state index in [4.69, 9.17) is 4.74 Å². The third kappa shape index (κ3) is 6.41. The number of amides is 2. The first-order valence-electron chi connectivity index (χ1n) is 9.28. The number of nitrogens with one attached hydrogen (secondary N) is 2. The SMILES string of the molecule is CCOc1ccc(NC(=O)CS(=O)(=O)C(C)C(=O)Nc2ccc(C(C)=O)cc2)cc1. The van der Waals surface area contributed by atoms with E-state index in [0.717, 1.165) is 0 Å². The number of Topliss-reactive ketones (excluding diaryl/α,β-unsaturated/α-hetero) is 1. The average molecular weight is 432 g/mol. The van der Waals surface area contributed by atoms with E-state index in [1.165, 1.54) is 38.1 Å².